The number of ether oxygens (including phenoxy) is 2. The molecule has 2 amide bonds. The number of carbonyl (C=O) groups is 2. The summed E-state index contributed by atoms with van der Waals surface area (Å²) in [7, 11) is -9.77. The number of nitrogens with one attached hydrogen (secondary N) is 3. The van der Waals surface area contributed by atoms with Crippen LogP contribution in [0.5, 0.6) is 0 Å². The van der Waals surface area contributed by atoms with Crippen LogP contribution in [-0.4, -0.2) is 95.0 Å². The molecule has 26 heteroatoms. The summed E-state index contributed by atoms with van der Waals surface area (Å²) < 4.78 is 88.4. The highest BCUT2D eigenvalue weighted by Crippen LogP contribution is 2.58. The number of aromatic nitrogens is 7. The summed E-state index contributed by atoms with van der Waals surface area (Å²) in [5, 5.41) is 14.3. The van der Waals surface area contributed by atoms with Crippen LogP contribution < -0.4 is 16.2 Å². The standard InChI is InChI=1S/C37H41FN10O13P2/c1-18(2)32(49)45-37-44-31-26(34(51)46-37)42-17-48(31)36-28-19(3)23(58-36)14-56-62(52,53)60-27-20(4)35(59-24(27)15-57-63(54,61-28)55-12-8-11-39)47-13-22(38)25-29(40-16-41-30(25)47)43-33(50)21-9-6-5-7-10-21/h5-7,9-10,13,16-20,23-24,27-28,35-36H,8,12,14-15H2,1-4H3,(H,52,53)(H,40,41,43,50)(H2,44,45,46,49,51)/t19-,20-,23-,24-,27+,28-,35-,36-,63?/m1/s1. The Bertz CT molecular complexity index is 2750. The molecule has 0 radical (unpaired) electrons. The van der Waals surface area contributed by atoms with Gasteiger partial charge in [-0.1, -0.05) is 45.9 Å². The Hall–Kier alpha value is -5.31. The number of phosphoric acid groups is 2. The molecule has 23 nitrogen and oxygen atoms in total. The number of phosphoric ester groups is 2. The van der Waals surface area contributed by atoms with E-state index in [2.05, 4.69) is 35.6 Å². The van der Waals surface area contributed by atoms with Crippen LogP contribution in [0.25, 0.3) is 22.2 Å². The highest BCUT2D eigenvalue weighted by molar-refractivity contribution is 7.48. The lowest BCUT2D eigenvalue weighted by Gasteiger charge is -2.28. The van der Waals surface area contributed by atoms with Gasteiger partial charge in [-0.3, -0.25) is 51.9 Å². The molecule has 0 spiro atoms. The fourth-order valence-corrected chi connectivity index (χ4v) is 9.88. The molecule has 2 bridgehead atoms. The average Bonchev–Trinajstić information content (AvgIpc) is 3.99. The Kier molecular flexibility index (Phi) is 12.4. The number of H-pyrrole nitrogens is 1. The first kappa shape index (κ1) is 44.3. The van der Waals surface area contributed by atoms with Gasteiger partial charge in [-0.05, 0) is 12.1 Å². The Morgan fingerprint density at radius 1 is 1.00 bits per heavy atom. The van der Waals surface area contributed by atoms with Crippen molar-refractivity contribution in [1.29, 1.82) is 5.26 Å². The van der Waals surface area contributed by atoms with Crippen molar-refractivity contribution in [2.45, 2.75) is 71.0 Å². The van der Waals surface area contributed by atoms with Gasteiger partial charge in [0, 0.05) is 29.5 Å². The second kappa shape index (κ2) is 17.7. The van der Waals surface area contributed by atoms with E-state index in [-0.39, 0.29) is 40.4 Å². The summed E-state index contributed by atoms with van der Waals surface area (Å²) in [4.78, 5) is 69.0. The fraction of sp³-hybridized carbons (Fsp3) is 0.459. The second-order valence-electron chi connectivity index (χ2n) is 15.2. The molecule has 7 heterocycles. The Labute approximate surface area is 356 Å². The average molecular weight is 915 g/mol. The van der Waals surface area contributed by atoms with E-state index in [1.807, 2.05) is 6.07 Å². The lowest BCUT2D eigenvalue weighted by Crippen LogP contribution is -2.32. The second-order valence-corrected chi connectivity index (χ2v) is 18.3. The van der Waals surface area contributed by atoms with Crippen molar-refractivity contribution in [3.05, 3.63) is 70.9 Å². The number of fused-ring (bicyclic) bond motifs is 5. The van der Waals surface area contributed by atoms with Gasteiger partial charge in [-0.25, -0.2) is 28.5 Å². The number of carbonyl (C=O) groups excluding carboxylic acids is 2. The molecule has 1 aromatic carbocycles. The number of amides is 2. The number of imidazole rings is 1. The monoisotopic (exact) mass is 914 g/mol. The zero-order valence-corrected chi connectivity index (χ0v) is 35.7. The first-order chi connectivity index (χ1) is 30.1. The van der Waals surface area contributed by atoms with Gasteiger partial charge in [0.1, 0.15) is 36.7 Å². The molecule has 3 fully saturated rings. The number of benzene rings is 1. The largest absolute Gasteiger partial charge is 0.475 e. The van der Waals surface area contributed by atoms with Gasteiger partial charge in [-0.15, -0.1) is 0 Å². The van der Waals surface area contributed by atoms with E-state index < -0.39 is 113 Å². The third-order valence-electron chi connectivity index (χ3n) is 10.7. The van der Waals surface area contributed by atoms with E-state index in [1.165, 1.54) is 15.5 Å². The van der Waals surface area contributed by atoms with Gasteiger partial charge in [0.2, 0.25) is 11.9 Å². The molecular weight excluding hydrogens is 873 g/mol. The summed E-state index contributed by atoms with van der Waals surface area (Å²) in [6.07, 6.45) is -4.40. The van der Waals surface area contributed by atoms with E-state index in [1.54, 1.807) is 58.0 Å². The number of hydrogen-bond donors (Lipinski definition) is 4. The summed E-state index contributed by atoms with van der Waals surface area (Å²) >= 11 is 0. The van der Waals surface area contributed by atoms with Gasteiger partial charge >= 0.3 is 15.6 Å². The van der Waals surface area contributed by atoms with Crippen molar-refractivity contribution in [2.75, 3.05) is 30.5 Å². The molecule has 4 aromatic heterocycles. The molecule has 0 saturated carbocycles. The summed E-state index contributed by atoms with van der Waals surface area (Å²) in [6, 6.07) is 10.1. The van der Waals surface area contributed by atoms with Gasteiger partial charge in [0.15, 0.2) is 28.9 Å². The van der Waals surface area contributed by atoms with Crippen molar-refractivity contribution in [2.24, 2.45) is 17.8 Å². The molecule has 3 saturated heterocycles. The highest BCUT2D eigenvalue weighted by atomic mass is 31.2. The number of hydrogen-bond acceptors (Lipinski definition) is 17. The molecule has 3 aliphatic heterocycles. The van der Waals surface area contributed by atoms with E-state index in [0.717, 1.165) is 12.5 Å². The van der Waals surface area contributed by atoms with Crippen molar-refractivity contribution in [3.63, 3.8) is 0 Å². The van der Waals surface area contributed by atoms with Crippen LogP contribution >= 0.6 is 15.6 Å². The topological polar surface area (TPSA) is 295 Å². The molecule has 3 aliphatic rings. The number of anilines is 2. The molecule has 0 aliphatic carbocycles. The van der Waals surface area contributed by atoms with E-state index in [4.69, 9.17) is 32.1 Å². The van der Waals surface area contributed by atoms with E-state index >= 15 is 4.39 Å². The fourth-order valence-electron chi connectivity index (χ4n) is 7.41. The predicted octanol–water partition coefficient (Wildman–Crippen LogP) is 4.57. The number of nitriles is 1. The third-order valence-corrected chi connectivity index (χ3v) is 13.1. The van der Waals surface area contributed by atoms with Gasteiger partial charge in [0.25, 0.3) is 11.5 Å². The van der Waals surface area contributed by atoms with Gasteiger partial charge in [0.05, 0.1) is 50.1 Å². The lowest BCUT2D eigenvalue weighted by atomic mass is 10.0. The minimum absolute atomic E-state index is 0.0126. The number of nitrogens with zero attached hydrogens (tertiary/aromatic N) is 7. The zero-order valence-electron chi connectivity index (χ0n) is 33.9. The molecule has 10 atom stereocenters. The van der Waals surface area contributed by atoms with Crippen LogP contribution in [0.3, 0.4) is 0 Å². The minimum Gasteiger partial charge on any atom is -0.349 e. The van der Waals surface area contributed by atoms with Crippen molar-refractivity contribution < 1.29 is 60.1 Å². The number of rotatable bonds is 9. The molecule has 334 valence electrons. The first-order valence-electron chi connectivity index (χ1n) is 19.6. The molecule has 63 heavy (non-hydrogen) atoms. The van der Waals surface area contributed by atoms with Crippen LogP contribution in [0.1, 0.15) is 56.9 Å². The number of halogens is 1. The summed E-state index contributed by atoms with van der Waals surface area (Å²) in [6.45, 7) is 4.82. The van der Waals surface area contributed by atoms with Crippen LogP contribution in [0, 0.1) is 34.9 Å². The zero-order chi connectivity index (χ0) is 44.8. The van der Waals surface area contributed by atoms with Crippen molar-refractivity contribution in [1.82, 2.24) is 34.1 Å². The lowest BCUT2D eigenvalue weighted by molar-refractivity contribution is -0.118. The maximum atomic E-state index is 15.8. The van der Waals surface area contributed by atoms with Gasteiger partial charge < -0.3 is 24.3 Å². The molecular formula is C37H41FN10O13P2. The normalized spacial score (nSPS) is 30.0. The van der Waals surface area contributed by atoms with Crippen molar-refractivity contribution in [3.8, 4) is 6.07 Å². The Morgan fingerprint density at radius 2 is 1.75 bits per heavy atom. The van der Waals surface area contributed by atoms with Crippen LogP contribution in [0.2, 0.25) is 0 Å². The maximum Gasteiger partial charge on any atom is 0.475 e. The smallest absolute Gasteiger partial charge is 0.349 e. The molecule has 4 N–H and O–H groups in total. The summed E-state index contributed by atoms with van der Waals surface area (Å²) in [5.74, 6) is -4.31. The minimum atomic E-state index is -5.01. The van der Waals surface area contributed by atoms with Gasteiger partial charge in [-0.2, -0.15) is 10.2 Å². The van der Waals surface area contributed by atoms with E-state index in [0.29, 0.717) is 5.56 Å². The Morgan fingerprint density at radius 3 is 2.49 bits per heavy atom. The SMILES string of the molecule is CC(C)C(=O)Nc1nc2c(ncn2[C@@H]2O[C@@H]3COP(=O)(O)O[C@H]4[C@@H](C)[C@H](n5cc(F)c6c(NC(=O)c7ccccc7)ncnc65)O[C@@H]4COP(=O)(OCCC#N)O[C@@H]2[C@@H]3C)c(=O)[nH]1. The van der Waals surface area contributed by atoms with E-state index in [9.17, 15) is 33.7 Å². The van der Waals surface area contributed by atoms with Crippen molar-refractivity contribution >= 4 is 61.4 Å². The molecule has 5 aromatic rings. The van der Waals surface area contributed by atoms with Crippen LogP contribution in [0.4, 0.5) is 16.2 Å². The predicted molar refractivity (Wildman–Crippen MR) is 215 cm³/mol. The summed E-state index contributed by atoms with van der Waals surface area (Å²) in [5.41, 5.74) is -0.643. The third kappa shape index (κ3) is 8.94. The first-order valence-corrected chi connectivity index (χ1v) is 22.6. The maximum absolute atomic E-state index is 15.8. The highest BCUT2D eigenvalue weighted by Gasteiger charge is 2.53. The Balaban J connectivity index is 1.11. The molecule has 2 unspecified atom stereocenters. The quantitative estimate of drug-likeness (QED) is 0.116. The number of aromatic amines is 1. The van der Waals surface area contributed by atoms with Crippen LogP contribution in [0.15, 0.2) is 54.0 Å². The molecule has 8 rings (SSSR count). The van der Waals surface area contributed by atoms with Crippen LogP contribution in [-0.2, 0) is 46.0 Å².